The van der Waals surface area contributed by atoms with Crippen LogP contribution in [0.15, 0.2) is 71.3 Å². The minimum Gasteiger partial charge on any atom is -0.494 e. The number of amides is 2. The van der Waals surface area contributed by atoms with Gasteiger partial charge >= 0.3 is 0 Å². The van der Waals surface area contributed by atoms with E-state index in [1.165, 1.54) is 0 Å². The summed E-state index contributed by atoms with van der Waals surface area (Å²) in [4.78, 5) is 30.7. The van der Waals surface area contributed by atoms with Crippen molar-refractivity contribution >= 4 is 11.8 Å². The molecule has 2 atom stereocenters. The smallest absolute Gasteiger partial charge is 0.244 e. The van der Waals surface area contributed by atoms with Gasteiger partial charge in [-0.3, -0.25) is 14.5 Å². The lowest BCUT2D eigenvalue weighted by atomic mass is 10.0. The quantitative estimate of drug-likeness (QED) is 0.457. The number of hydrogen-bond acceptors (Lipinski definition) is 5. The molecule has 1 aliphatic rings. The molecule has 1 aromatic heterocycles. The van der Waals surface area contributed by atoms with Crippen LogP contribution in [0.1, 0.15) is 38.8 Å². The minimum absolute atomic E-state index is 0.00446. The average Bonchev–Trinajstić information content (AvgIpc) is 3.43. The van der Waals surface area contributed by atoms with Crippen LogP contribution in [0.25, 0.3) is 11.3 Å². The molecule has 0 radical (unpaired) electrons. The van der Waals surface area contributed by atoms with E-state index in [0.717, 1.165) is 28.2 Å². The first kappa shape index (κ1) is 26.5. The molecule has 1 N–H and O–H groups in total. The number of benzene rings is 2. The van der Waals surface area contributed by atoms with E-state index in [1.54, 1.807) is 11.2 Å². The standard InChI is InChI=1S/C30H37N3O4/c1-5-36-28-10-7-6-9-25(28)19-32-18-22(4)33(30(35)21(2)3)26(20-32)29(34)31-17-23-12-14-24(15-13-23)27-11-8-16-37-27/h6-16,21-22,26H,5,17-20H2,1-4H3,(H,31,34). The molecule has 196 valence electrons. The Morgan fingerprint density at radius 2 is 1.81 bits per heavy atom. The summed E-state index contributed by atoms with van der Waals surface area (Å²) in [6.07, 6.45) is 1.65. The molecular formula is C30H37N3O4. The number of carbonyl (C=O) groups is 2. The van der Waals surface area contributed by atoms with Gasteiger partial charge in [0.05, 0.1) is 12.9 Å². The highest BCUT2D eigenvalue weighted by molar-refractivity contribution is 5.89. The number of piperazine rings is 1. The number of nitrogens with zero attached hydrogens (tertiary/aromatic N) is 2. The van der Waals surface area contributed by atoms with Crippen molar-refractivity contribution in [2.45, 2.75) is 52.9 Å². The average molecular weight is 504 g/mol. The molecule has 2 aromatic carbocycles. The van der Waals surface area contributed by atoms with Gasteiger partial charge < -0.3 is 19.4 Å². The normalized spacial score (nSPS) is 18.1. The first-order valence-electron chi connectivity index (χ1n) is 13.0. The zero-order valence-corrected chi connectivity index (χ0v) is 22.1. The second-order valence-corrected chi connectivity index (χ2v) is 9.89. The number of furan rings is 1. The van der Waals surface area contributed by atoms with Crippen LogP contribution < -0.4 is 10.1 Å². The van der Waals surface area contributed by atoms with Gasteiger partial charge in [0.15, 0.2) is 0 Å². The topological polar surface area (TPSA) is 75.0 Å². The molecule has 3 aromatic rings. The summed E-state index contributed by atoms with van der Waals surface area (Å²) in [5.41, 5.74) is 3.05. The van der Waals surface area contributed by atoms with Crippen molar-refractivity contribution < 1.29 is 18.7 Å². The van der Waals surface area contributed by atoms with Crippen LogP contribution in [0.5, 0.6) is 5.75 Å². The predicted octanol–water partition coefficient (Wildman–Crippen LogP) is 4.72. The van der Waals surface area contributed by atoms with Crippen LogP contribution in [-0.4, -0.2) is 53.4 Å². The van der Waals surface area contributed by atoms with E-state index < -0.39 is 6.04 Å². The summed E-state index contributed by atoms with van der Waals surface area (Å²) < 4.78 is 11.3. The van der Waals surface area contributed by atoms with Gasteiger partial charge in [0.25, 0.3) is 0 Å². The molecule has 0 aliphatic carbocycles. The van der Waals surface area contributed by atoms with Gasteiger partial charge in [0.2, 0.25) is 11.8 Å². The molecule has 0 saturated carbocycles. The summed E-state index contributed by atoms with van der Waals surface area (Å²) >= 11 is 0. The van der Waals surface area contributed by atoms with Crippen LogP contribution in [-0.2, 0) is 22.7 Å². The highest BCUT2D eigenvalue weighted by atomic mass is 16.5. The molecule has 7 nitrogen and oxygen atoms in total. The third-order valence-corrected chi connectivity index (χ3v) is 6.71. The SMILES string of the molecule is CCOc1ccccc1CN1CC(C)N(C(=O)C(C)C)C(C(=O)NCc2ccc(-c3ccco3)cc2)C1. The monoisotopic (exact) mass is 503 g/mol. The Hall–Kier alpha value is -3.58. The van der Waals surface area contributed by atoms with Gasteiger partial charge in [-0.1, -0.05) is 56.3 Å². The molecule has 0 spiro atoms. The fraction of sp³-hybridized carbons (Fsp3) is 0.400. The number of rotatable bonds is 9. The molecule has 0 bridgehead atoms. The first-order chi connectivity index (χ1) is 17.9. The Morgan fingerprint density at radius 1 is 1.05 bits per heavy atom. The lowest BCUT2D eigenvalue weighted by Gasteiger charge is -2.45. The zero-order chi connectivity index (χ0) is 26.4. The summed E-state index contributed by atoms with van der Waals surface area (Å²) in [6, 6.07) is 19.0. The fourth-order valence-corrected chi connectivity index (χ4v) is 4.89. The first-order valence-corrected chi connectivity index (χ1v) is 13.0. The molecule has 1 saturated heterocycles. The highest BCUT2D eigenvalue weighted by Crippen LogP contribution is 2.25. The number of para-hydroxylation sites is 1. The van der Waals surface area contributed by atoms with Gasteiger partial charge in [0, 0.05) is 49.3 Å². The Kier molecular flexibility index (Phi) is 8.66. The molecule has 2 unspecified atom stereocenters. The largest absolute Gasteiger partial charge is 0.494 e. The van der Waals surface area contributed by atoms with E-state index in [4.69, 9.17) is 9.15 Å². The number of nitrogens with one attached hydrogen (secondary N) is 1. The second-order valence-electron chi connectivity index (χ2n) is 9.89. The van der Waals surface area contributed by atoms with Gasteiger partial charge in [-0.05, 0) is 37.6 Å². The van der Waals surface area contributed by atoms with Gasteiger partial charge in [-0.2, -0.15) is 0 Å². The molecule has 2 heterocycles. The third-order valence-electron chi connectivity index (χ3n) is 6.71. The maximum Gasteiger partial charge on any atom is 0.244 e. The Morgan fingerprint density at radius 3 is 2.49 bits per heavy atom. The Balaban J connectivity index is 1.47. The van der Waals surface area contributed by atoms with Crippen molar-refractivity contribution in [1.82, 2.24) is 15.1 Å². The van der Waals surface area contributed by atoms with E-state index in [-0.39, 0.29) is 23.8 Å². The summed E-state index contributed by atoms with van der Waals surface area (Å²) in [7, 11) is 0. The van der Waals surface area contributed by atoms with Crippen molar-refractivity contribution in [2.75, 3.05) is 19.7 Å². The van der Waals surface area contributed by atoms with E-state index in [2.05, 4.69) is 16.3 Å². The van der Waals surface area contributed by atoms with E-state index in [1.807, 2.05) is 82.3 Å². The van der Waals surface area contributed by atoms with Crippen molar-refractivity contribution in [3.05, 3.63) is 78.1 Å². The second kappa shape index (κ2) is 12.1. The molecule has 1 fully saturated rings. The van der Waals surface area contributed by atoms with Crippen molar-refractivity contribution in [2.24, 2.45) is 5.92 Å². The number of hydrogen-bond donors (Lipinski definition) is 1. The summed E-state index contributed by atoms with van der Waals surface area (Å²) in [5, 5.41) is 3.08. The molecule has 4 rings (SSSR count). The molecule has 7 heteroatoms. The highest BCUT2D eigenvalue weighted by Gasteiger charge is 2.40. The van der Waals surface area contributed by atoms with Crippen molar-refractivity contribution in [3.8, 4) is 17.1 Å². The van der Waals surface area contributed by atoms with Gasteiger partial charge in [0.1, 0.15) is 17.6 Å². The van der Waals surface area contributed by atoms with Crippen LogP contribution in [0.3, 0.4) is 0 Å². The van der Waals surface area contributed by atoms with Crippen LogP contribution >= 0.6 is 0 Å². The van der Waals surface area contributed by atoms with E-state index in [9.17, 15) is 9.59 Å². The maximum atomic E-state index is 13.5. The summed E-state index contributed by atoms with van der Waals surface area (Å²) in [6.45, 7) is 10.6. The van der Waals surface area contributed by atoms with Crippen LogP contribution in [0, 0.1) is 5.92 Å². The van der Waals surface area contributed by atoms with Gasteiger partial charge in [-0.25, -0.2) is 0 Å². The predicted molar refractivity (Wildman–Crippen MR) is 144 cm³/mol. The Labute approximate surface area is 219 Å². The molecule has 1 aliphatic heterocycles. The minimum atomic E-state index is -0.569. The number of ether oxygens (including phenoxy) is 1. The van der Waals surface area contributed by atoms with Gasteiger partial charge in [-0.15, -0.1) is 0 Å². The maximum absolute atomic E-state index is 13.5. The fourth-order valence-electron chi connectivity index (χ4n) is 4.89. The van der Waals surface area contributed by atoms with Crippen LogP contribution in [0.4, 0.5) is 0 Å². The molecular weight excluding hydrogens is 466 g/mol. The van der Waals surface area contributed by atoms with Crippen molar-refractivity contribution in [1.29, 1.82) is 0 Å². The molecule has 2 amide bonds. The van der Waals surface area contributed by atoms with Crippen molar-refractivity contribution in [3.63, 3.8) is 0 Å². The molecule has 37 heavy (non-hydrogen) atoms. The van der Waals surface area contributed by atoms with E-state index in [0.29, 0.717) is 32.8 Å². The van der Waals surface area contributed by atoms with Crippen LogP contribution in [0.2, 0.25) is 0 Å². The lowest BCUT2D eigenvalue weighted by molar-refractivity contribution is -0.150. The summed E-state index contributed by atoms with van der Waals surface area (Å²) in [5.74, 6) is 1.35. The van der Waals surface area contributed by atoms with E-state index >= 15 is 0 Å². The number of carbonyl (C=O) groups excluding carboxylic acids is 2. The third kappa shape index (κ3) is 6.41. The zero-order valence-electron chi connectivity index (χ0n) is 22.1. The lowest BCUT2D eigenvalue weighted by Crippen LogP contribution is -2.64. The Bertz CT molecular complexity index is 1170.